The quantitative estimate of drug-likeness (QED) is 0.352. The lowest BCUT2D eigenvalue weighted by molar-refractivity contribution is -0.150. The van der Waals surface area contributed by atoms with Gasteiger partial charge >= 0.3 is 11.8 Å². The number of carbonyl (C=O) groups excluding carboxylic acids is 4. The number of rotatable bonds is 1. The van der Waals surface area contributed by atoms with Crippen LogP contribution in [0.1, 0.15) is 12.8 Å². The Hall–Kier alpha value is -1.92. The zero-order valence-electron chi connectivity index (χ0n) is 6.57. The van der Waals surface area contributed by atoms with E-state index in [-0.39, 0.29) is 12.8 Å². The van der Waals surface area contributed by atoms with Gasteiger partial charge in [-0.3, -0.25) is 19.2 Å². The predicted molar refractivity (Wildman–Crippen MR) is 38.4 cm³/mol. The number of amides is 4. The maximum atomic E-state index is 10.9. The molecule has 1 saturated heterocycles. The van der Waals surface area contributed by atoms with Crippen molar-refractivity contribution in [1.82, 2.24) is 10.4 Å². The fourth-order valence-corrected chi connectivity index (χ4v) is 0.858. The normalized spacial score (nSPS) is 16.2. The van der Waals surface area contributed by atoms with Crippen molar-refractivity contribution in [2.75, 3.05) is 0 Å². The maximum Gasteiger partial charge on any atom is 0.328 e. The van der Waals surface area contributed by atoms with E-state index in [9.17, 15) is 19.2 Å². The van der Waals surface area contributed by atoms with Crippen LogP contribution in [0.2, 0.25) is 0 Å². The molecule has 0 atom stereocenters. The number of nitrogens with zero attached hydrogens (tertiary/aromatic N) is 1. The molecule has 1 rings (SSSR count). The molecule has 0 spiro atoms. The summed E-state index contributed by atoms with van der Waals surface area (Å²) in [4.78, 5) is 42.7. The number of primary amides is 1. The molecule has 4 amide bonds. The van der Waals surface area contributed by atoms with E-state index in [1.165, 1.54) is 0 Å². The first-order valence-corrected chi connectivity index (χ1v) is 3.48. The molecular weight excluding hydrogens is 178 g/mol. The molecule has 3 N–H and O–H groups in total. The van der Waals surface area contributed by atoms with Gasteiger partial charge in [0.25, 0.3) is 0 Å². The predicted octanol–water partition coefficient (Wildman–Crippen LogP) is -2.35. The van der Waals surface area contributed by atoms with Gasteiger partial charge in [0.05, 0.1) is 0 Å². The number of hydrogen-bond donors (Lipinski definition) is 2. The zero-order valence-corrected chi connectivity index (χ0v) is 6.57. The SMILES string of the molecule is NC(=O)C(=O)NN1C(=O)CCC1=O. The molecule has 0 aliphatic carbocycles. The van der Waals surface area contributed by atoms with Crippen molar-refractivity contribution in [2.45, 2.75) is 12.8 Å². The molecule has 0 aromatic heterocycles. The van der Waals surface area contributed by atoms with Crippen LogP contribution in [0.15, 0.2) is 0 Å². The molecule has 0 aromatic carbocycles. The topological polar surface area (TPSA) is 110 Å². The van der Waals surface area contributed by atoms with Gasteiger partial charge in [-0.15, -0.1) is 0 Å². The average molecular weight is 185 g/mol. The molecule has 0 aromatic rings. The lowest BCUT2D eigenvalue weighted by Crippen LogP contribution is -2.49. The minimum atomic E-state index is -1.24. The average Bonchev–Trinajstić information content (AvgIpc) is 2.35. The van der Waals surface area contributed by atoms with Crippen LogP contribution in [0.4, 0.5) is 0 Å². The molecule has 0 unspecified atom stereocenters. The first-order valence-electron chi connectivity index (χ1n) is 3.48. The van der Waals surface area contributed by atoms with Crippen molar-refractivity contribution in [3.05, 3.63) is 0 Å². The summed E-state index contributed by atoms with van der Waals surface area (Å²) in [5.41, 5.74) is 6.40. The molecule has 0 saturated carbocycles. The maximum absolute atomic E-state index is 10.9. The van der Waals surface area contributed by atoms with Crippen LogP contribution >= 0.6 is 0 Å². The number of nitrogens with one attached hydrogen (secondary N) is 1. The molecule has 1 aliphatic heterocycles. The second-order valence-electron chi connectivity index (χ2n) is 2.43. The smallest absolute Gasteiger partial charge is 0.328 e. The summed E-state index contributed by atoms with van der Waals surface area (Å²) in [7, 11) is 0. The molecule has 70 valence electrons. The highest BCUT2D eigenvalue weighted by Gasteiger charge is 2.31. The lowest BCUT2D eigenvalue weighted by Gasteiger charge is -2.12. The van der Waals surface area contributed by atoms with Gasteiger partial charge in [0.2, 0.25) is 11.8 Å². The van der Waals surface area contributed by atoms with E-state index >= 15 is 0 Å². The van der Waals surface area contributed by atoms with Gasteiger partial charge in [-0.25, -0.2) is 5.43 Å². The lowest BCUT2D eigenvalue weighted by atomic mass is 10.4. The number of carbonyl (C=O) groups is 4. The van der Waals surface area contributed by atoms with E-state index in [0.717, 1.165) is 0 Å². The van der Waals surface area contributed by atoms with Crippen LogP contribution < -0.4 is 11.2 Å². The van der Waals surface area contributed by atoms with Gasteiger partial charge in [0, 0.05) is 12.8 Å². The number of imide groups is 1. The first-order chi connectivity index (χ1) is 6.02. The number of nitrogens with two attached hydrogens (primary N) is 1. The van der Waals surface area contributed by atoms with Crippen molar-refractivity contribution in [2.24, 2.45) is 5.73 Å². The van der Waals surface area contributed by atoms with Crippen LogP contribution in [-0.4, -0.2) is 28.6 Å². The highest BCUT2D eigenvalue weighted by Crippen LogP contribution is 2.07. The van der Waals surface area contributed by atoms with Crippen LogP contribution in [0.3, 0.4) is 0 Å². The van der Waals surface area contributed by atoms with E-state index < -0.39 is 23.6 Å². The van der Waals surface area contributed by atoms with Gasteiger partial charge in [-0.05, 0) is 0 Å². The summed E-state index contributed by atoms with van der Waals surface area (Å²) >= 11 is 0. The fraction of sp³-hybridized carbons (Fsp3) is 0.333. The molecule has 0 radical (unpaired) electrons. The Morgan fingerprint density at radius 3 is 2.08 bits per heavy atom. The highest BCUT2D eigenvalue weighted by molar-refractivity contribution is 6.34. The number of hydrazine groups is 1. The molecule has 1 aliphatic rings. The Morgan fingerprint density at radius 2 is 1.69 bits per heavy atom. The standard InChI is InChI=1S/C6H7N3O4/c7-5(12)6(13)8-9-3(10)1-2-4(9)11/h1-2H2,(H2,7,12)(H,8,13). The summed E-state index contributed by atoms with van der Waals surface area (Å²) in [5.74, 6) is -3.50. The van der Waals surface area contributed by atoms with Gasteiger partial charge in [-0.1, -0.05) is 0 Å². The molecule has 7 heteroatoms. The van der Waals surface area contributed by atoms with Crippen LogP contribution in [0.5, 0.6) is 0 Å². The summed E-state index contributed by atoms with van der Waals surface area (Å²) < 4.78 is 0. The Balaban J connectivity index is 2.63. The molecule has 1 heterocycles. The van der Waals surface area contributed by atoms with E-state index in [0.29, 0.717) is 5.01 Å². The Bertz CT molecular complexity index is 282. The van der Waals surface area contributed by atoms with Crippen LogP contribution in [0, 0.1) is 0 Å². The van der Waals surface area contributed by atoms with Crippen molar-refractivity contribution in [3.63, 3.8) is 0 Å². The van der Waals surface area contributed by atoms with Gasteiger partial charge < -0.3 is 5.73 Å². The second kappa shape index (κ2) is 3.21. The Labute approximate surface area is 72.8 Å². The molecular formula is C6H7N3O4. The van der Waals surface area contributed by atoms with Gasteiger partial charge in [0.15, 0.2) is 0 Å². The first kappa shape index (κ1) is 9.17. The Morgan fingerprint density at radius 1 is 1.23 bits per heavy atom. The summed E-state index contributed by atoms with van der Waals surface area (Å²) in [6.45, 7) is 0. The van der Waals surface area contributed by atoms with E-state index in [1.807, 2.05) is 0 Å². The minimum Gasteiger partial charge on any atom is -0.361 e. The van der Waals surface area contributed by atoms with Crippen LogP contribution in [0.25, 0.3) is 0 Å². The van der Waals surface area contributed by atoms with E-state index in [1.54, 1.807) is 5.43 Å². The summed E-state index contributed by atoms with van der Waals surface area (Å²) in [5, 5.41) is 0.507. The second-order valence-corrected chi connectivity index (χ2v) is 2.43. The molecule has 0 bridgehead atoms. The summed E-state index contributed by atoms with van der Waals surface area (Å²) in [6, 6.07) is 0. The van der Waals surface area contributed by atoms with E-state index in [2.05, 4.69) is 5.73 Å². The molecule has 1 fully saturated rings. The molecule has 13 heavy (non-hydrogen) atoms. The van der Waals surface area contributed by atoms with Crippen molar-refractivity contribution >= 4 is 23.6 Å². The van der Waals surface area contributed by atoms with Gasteiger partial charge in [0.1, 0.15) is 0 Å². The Kier molecular flexibility index (Phi) is 2.27. The van der Waals surface area contributed by atoms with Gasteiger partial charge in [-0.2, -0.15) is 5.01 Å². The third kappa shape index (κ3) is 1.81. The monoisotopic (exact) mass is 185 g/mol. The van der Waals surface area contributed by atoms with Crippen molar-refractivity contribution in [1.29, 1.82) is 0 Å². The zero-order chi connectivity index (χ0) is 10.0. The third-order valence-electron chi connectivity index (χ3n) is 1.49. The minimum absolute atomic E-state index is 0.0396. The number of hydrogen-bond acceptors (Lipinski definition) is 4. The van der Waals surface area contributed by atoms with E-state index in [4.69, 9.17) is 0 Å². The van der Waals surface area contributed by atoms with Crippen molar-refractivity contribution in [3.8, 4) is 0 Å². The third-order valence-corrected chi connectivity index (χ3v) is 1.49. The molecule has 7 nitrogen and oxygen atoms in total. The van der Waals surface area contributed by atoms with Crippen LogP contribution in [-0.2, 0) is 19.2 Å². The summed E-state index contributed by atoms with van der Waals surface area (Å²) in [6.07, 6.45) is 0.0791. The fourth-order valence-electron chi connectivity index (χ4n) is 0.858. The largest absolute Gasteiger partial charge is 0.361 e. The highest BCUT2D eigenvalue weighted by atomic mass is 16.2. The van der Waals surface area contributed by atoms with Crippen molar-refractivity contribution < 1.29 is 19.2 Å².